The minimum atomic E-state index is -0.693. The third-order valence-electron chi connectivity index (χ3n) is 1.97. The molecular weight excluding hydrogens is 246 g/mol. The summed E-state index contributed by atoms with van der Waals surface area (Å²) in [6.45, 7) is 0. The molecule has 17 heavy (non-hydrogen) atoms. The highest BCUT2D eigenvalue weighted by atomic mass is 35.5. The first-order valence-corrected chi connectivity index (χ1v) is 5.25. The number of anilines is 1. The predicted molar refractivity (Wildman–Crippen MR) is 62.8 cm³/mol. The Bertz CT molecular complexity index is 611. The molecule has 0 fully saturated rings. The lowest BCUT2D eigenvalue weighted by Gasteiger charge is -2.04. The van der Waals surface area contributed by atoms with Gasteiger partial charge in [-0.1, -0.05) is 12.1 Å². The molecule has 2 aromatic rings. The van der Waals surface area contributed by atoms with Crippen LogP contribution in [-0.4, -0.2) is 21.8 Å². The van der Waals surface area contributed by atoms with E-state index in [4.69, 9.17) is 11.6 Å². The second-order valence-corrected chi connectivity index (χ2v) is 3.41. The molecule has 6 nitrogen and oxygen atoms in total. The van der Waals surface area contributed by atoms with Crippen LogP contribution in [0.1, 0.15) is 0 Å². The molecule has 0 amide bonds. The second kappa shape index (κ2) is 4.84. The molecular formula is C10H8ClN3O3. The number of rotatable bonds is 3. The lowest BCUT2D eigenvalue weighted by atomic mass is 10.3. The summed E-state index contributed by atoms with van der Waals surface area (Å²) in [6, 6.07) is 7.00. The Morgan fingerprint density at radius 1 is 1.47 bits per heavy atom. The van der Waals surface area contributed by atoms with Crippen molar-refractivity contribution in [2.75, 3.05) is 11.4 Å². The van der Waals surface area contributed by atoms with E-state index in [1.54, 1.807) is 24.3 Å². The van der Waals surface area contributed by atoms with Gasteiger partial charge in [0.05, 0.1) is 11.0 Å². The maximum absolute atomic E-state index is 11.5. The van der Waals surface area contributed by atoms with Gasteiger partial charge in [-0.2, -0.15) is 5.48 Å². The van der Waals surface area contributed by atoms with Gasteiger partial charge in [0, 0.05) is 0 Å². The number of alkyl halides is 1. The summed E-state index contributed by atoms with van der Waals surface area (Å²) in [5.74, 6) is -1.10. The number of hydrogen-bond donors (Lipinski definition) is 2. The summed E-state index contributed by atoms with van der Waals surface area (Å²) in [5.41, 5.74) is 2.87. The fraction of sp³-hybridized carbons (Fsp3) is 0.100. The van der Waals surface area contributed by atoms with Crippen molar-refractivity contribution in [1.82, 2.24) is 9.97 Å². The summed E-state index contributed by atoms with van der Waals surface area (Å²) in [4.78, 5) is 33.4. The van der Waals surface area contributed by atoms with Crippen LogP contribution in [0.25, 0.3) is 11.0 Å². The molecule has 0 aliphatic rings. The molecule has 0 atom stereocenters. The normalized spacial score (nSPS) is 10.2. The Morgan fingerprint density at radius 2 is 2.24 bits per heavy atom. The van der Waals surface area contributed by atoms with Gasteiger partial charge in [0.2, 0.25) is 5.82 Å². The third-order valence-corrected chi connectivity index (χ3v) is 2.19. The van der Waals surface area contributed by atoms with Crippen molar-refractivity contribution in [3.63, 3.8) is 0 Å². The Morgan fingerprint density at radius 3 is 3.00 bits per heavy atom. The van der Waals surface area contributed by atoms with Crippen molar-refractivity contribution >= 4 is 34.4 Å². The zero-order valence-corrected chi connectivity index (χ0v) is 9.32. The maximum Gasteiger partial charge on any atom is 0.346 e. The Labute approximate surface area is 101 Å². The number of hydrogen-bond acceptors (Lipinski definition) is 5. The van der Waals surface area contributed by atoms with Crippen LogP contribution >= 0.6 is 11.6 Å². The van der Waals surface area contributed by atoms with Crippen molar-refractivity contribution in [2.45, 2.75) is 0 Å². The average molecular weight is 254 g/mol. The second-order valence-electron chi connectivity index (χ2n) is 3.14. The van der Waals surface area contributed by atoms with Crippen LogP contribution in [0.3, 0.4) is 0 Å². The van der Waals surface area contributed by atoms with E-state index in [9.17, 15) is 9.59 Å². The maximum atomic E-state index is 11.5. The van der Waals surface area contributed by atoms with Gasteiger partial charge in [-0.25, -0.2) is 9.78 Å². The largest absolute Gasteiger partial charge is 0.346 e. The average Bonchev–Trinajstić information content (AvgIpc) is 2.35. The van der Waals surface area contributed by atoms with Crippen LogP contribution in [0.4, 0.5) is 5.82 Å². The van der Waals surface area contributed by atoms with Gasteiger partial charge in [0.25, 0.3) is 5.56 Å². The van der Waals surface area contributed by atoms with Crippen LogP contribution in [0.15, 0.2) is 29.1 Å². The van der Waals surface area contributed by atoms with Gasteiger partial charge >= 0.3 is 5.97 Å². The molecule has 0 spiro atoms. The van der Waals surface area contributed by atoms with Crippen LogP contribution in [0.2, 0.25) is 0 Å². The molecule has 0 unspecified atom stereocenters. The molecule has 7 heteroatoms. The molecule has 0 aliphatic carbocycles. The zero-order chi connectivity index (χ0) is 12.3. The SMILES string of the molecule is O=C(CCl)ONc1nc2ccccc2[nH]c1=O. The van der Waals surface area contributed by atoms with E-state index in [0.717, 1.165) is 0 Å². The summed E-state index contributed by atoms with van der Waals surface area (Å²) in [6.07, 6.45) is 0. The summed E-state index contributed by atoms with van der Waals surface area (Å²) in [5, 5.41) is 0. The monoisotopic (exact) mass is 253 g/mol. The van der Waals surface area contributed by atoms with Crippen LogP contribution in [-0.2, 0) is 9.63 Å². The summed E-state index contributed by atoms with van der Waals surface area (Å²) in [7, 11) is 0. The van der Waals surface area contributed by atoms with Crippen LogP contribution < -0.4 is 11.0 Å². The minimum absolute atomic E-state index is 0.0952. The summed E-state index contributed by atoms with van der Waals surface area (Å²) >= 11 is 5.23. The Kier molecular flexibility index (Phi) is 3.24. The number of benzene rings is 1. The van der Waals surface area contributed by atoms with Gasteiger partial charge in [0.15, 0.2) is 0 Å². The molecule has 1 aromatic heterocycles. The smallest absolute Gasteiger partial charge is 0.340 e. The minimum Gasteiger partial charge on any atom is -0.340 e. The fourth-order valence-electron chi connectivity index (χ4n) is 1.23. The molecule has 1 aromatic carbocycles. The quantitative estimate of drug-likeness (QED) is 0.631. The van der Waals surface area contributed by atoms with Gasteiger partial charge < -0.3 is 9.82 Å². The van der Waals surface area contributed by atoms with E-state index in [2.05, 4.69) is 20.3 Å². The number of carbonyl (C=O) groups excluding carboxylic acids is 1. The number of aromatic amines is 1. The number of H-pyrrole nitrogens is 1. The molecule has 2 rings (SSSR count). The van der Waals surface area contributed by atoms with E-state index in [-0.39, 0.29) is 11.7 Å². The Hall–Kier alpha value is -2.08. The topological polar surface area (TPSA) is 84.1 Å². The molecule has 0 saturated heterocycles. The first-order valence-electron chi connectivity index (χ1n) is 4.71. The number of halogens is 1. The molecule has 88 valence electrons. The standard InChI is InChI=1S/C10H8ClN3O3/c11-5-8(15)17-14-9-10(16)13-7-4-2-1-3-6(7)12-9/h1-4H,5H2,(H,12,14)(H,13,16). The fourth-order valence-corrected chi connectivity index (χ4v) is 1.29. The molecule has 0 aliphatic heterocycles. The van der Waals surface area contributed by atoms with Crippen molar-refractivity contribution in [1.29, 1.82) is 0 Å². The van der Waals surface area contributed by atoms with Crippen LogP contribution in [0.5, 0.6) is 0 Å². The molecule has 2 N–H and O–H groups in total. The van der Waals surface area contributed by atoms with Crippen molar-refractivity contribution in [2.24, 2.45) is 0 Å². The van der Waals surface area contributed by atoms with Crippen LogP contribution in [0, 0.1) is 0 Å². The van der Waals surface area contributed by atoms with Crippen molar-refractivity contribution < 1.29 is 9.63 Å². The highest BCUT2D eigenvalue weighted by Gasteiger charge is 2.06. The van der Waals surface area contributed by atoms with Gasteiger partial charge in [0.1, 0.15) is 5.88 Å². The predicted octanol–water partition coefficient (Wildman–Crippen LogP) is 1.03. The van der Waals surface area contributed by atoms with E-state index in [1.807, 2.05) is 0 Å². The summed E-state index contributed by atoms with van der Waals surface area (Å²) < 4.78 is 0. The van der Waals surface area contributed by atoms with Gasteiger partial charge in [-0.05, 0) is 12.1 Å². The Balaban J connectivity index is 2.31. The zero-order valence-electron chi connectivity index (χ0n) is 8.57. The number of nitrogens with zero attached hydrogens (tertiary/aromatic N) is 1. The van der Waals surface area contributed by atoms with Gasteiger partial charge in [-0.15, -0.1) is 11.6 Å². The molecule has 0 saturated carbocycles. The highest BCUT2D eigenvalue weighted by Crippen LogP contribution is 2.07. The van der Waals surface area contributed by atoms with E-state index >= 15 is 0 Å². The number of para-hydroxylation sites is 2. The number of fused-ring (bicyclic) bond motifs is 1. The van der Waals surface area contributed by atoms with Crippen molar-refractivity contribution in [3.8, 4) is 0 Å². The van der Waals surface area contributed by atoms with Gasteiger partial charge in [-0.3, -0.25) is 4.79 Å². The lowest BCUT2D eigenvalue weighted by molar-refractivity contribution is -0.137. The van der Waals surface area contributed by atoms with E-state index < -0.39 is 11.5 Å². The van der Waals surface area contributed by atoms with Crippen molar-refractivity contribution in [3.05, 3.63) is 34.6 Å². The molecule has 1 heterocycles. The van der Waals surface area contributed by atoms with E-state index in [1.165, 1.54) is 0 Å². The number of carbonyl (C=O) groups is 1. The number of aromatic nitrogens is 2. The first-order chi connectivity index (χ1) is 8.20. The molecule has 0 bridgehead atoms. The number of nitrogens with one attached hydrogen (secondary N) is 2. The lowest BCUT2D eigenvalue weighted by Crippen LogP contribution is -2.20. The third kappa shape index (κ3) is 2.54. The highest BCUT2D eigenvalue weighted by molar-refractivity contribution is 6.26. The van der Waals surface area contributed by atoms with E-state index in [0.29, 0.717) is 11.0 Å². The first kappa shape index (κ1) is 11.4. The molecule has 0 radical (unpaired) electrons.